The quantitative estimate of drug-likeness (QED) is 0.336. The van der Waals surface area contributed by atoms with E-state index in [9.17, 15) is 5.11 Å². The predicted octanol–water partition coefficient (Wildman–Crippen LogP) is 5.14. The molecule has 0 spiro atoms. The predicted molar refractivity (Wildman–Crippen MR) is 135 cm³/mol. The van der Waals surface area contributed by atoms with Gasteiger partial charge in [-0.2, -0.15) is 9.97 Å². The highest BCUT2D eigenvalue weighted by molar-refractivity contribution is 6.33. The Hall–Kier alpha value is -2.58. The van der Waals surface area contributed by atoms with Crippen LogP contribution in [0.4, 0.5) is 17.5 Å². The number of nitrogens with zero attached hydrogens (tertiary/aromatic N) is 4. The number of nitrogen functional groups attached to an aromatic ring is 1. The molecule has 1 unspecified atom stereocenters. The average Bonchev–Trinajstić information content (AvgIpc) is 3.22. The van der Waals surface area contributed by atoms with Crippen LogP contribution in [0.2, 0.25) is 5.02 Å². The van der Waals surface area contributed by atoms with Crippen molar-refractivity contribution in [2.45, 2.75) is 83.5 Å². The molecule has 1 fully saturated rings. The van der Waals surface area contributed by atoms with Gasteiger partial charge in [0.05, 0.1) is 28.7 Å². The van der Waals surface area contributed by atoms with E-state index in [0.29, 0.717) is 35.1 Å². The number of para-hydroxylation sites is 1. The normalized spacial score (nSPS) is 16.2. The first-order valence-electron chi connectivity index (χ1n) is 11.8. The molecule has 2 heterocycles. The van der Waals surface area contributed by atoms with Crippen molar-refractivity contribution in [1.82, 2.24) is 19.5 Å². The van der Waals surface area contributed by atoms with Crippen molar-refractivity contribution in [1.29, 1.82) is 0 Å². The van der Waals surface area contributed by atoms with E-state index in [1.807, 2.05) is 25.4 Å². The third-order valence-electron chi connectivity index (χ3n) is 6.54. The minimum Gasteiger partial charge on any atom is -0.397 e. The van der Waals surface area contributed by atoms with Gasteiger partial charge >= 0.3 is 0 Å². The summed E-state index contributed by atoms with van der Waals surface area (Å²) in [5, 5.41) is 17.8. The number of halogens is 1. The molecule has 8 nitrogen and oxygen atoms in total. The van der Waals surface area contributed by atoms with Crippen LogP contribution < -0.4 is 16.4 Å². The lowest BCUT2D eigenvalue weighted by molar-refractivity contribution is 0.0577. The minimum absolute atomic E-state index is 0.197. The highest BCUT2D eigenvalue weighted by Gasteiger charge is 2.27. The summed E-state index contributed by atoms with van der Waals surface area (Å²) in [6.45, 7) is 6.07. The van der Waals surface area contributed by atoms with Crippen molar-refractivity contribution < 1.29 is 5.11 Å². The van der Waals surface area contributed by atoms with Gasteiger partial charge in [0.25, 0.3) is 0 Å². The summed E-state index contributed by atoms with van der Waals surface area (Å²) in [5.74, 6) is 1.10. The topological polar surface area (TPSA) is 114 Å². The zero-order valence-electron chi connectivity index (χ0n) is 19.6. The van der Waals surface area contributed by atoms with Crippen molar-refractivity contribution >= 4 is 40.2 Å². The molecule has 4 rings (SSSR count). The molecule has 0 amide bonds. The van der Waals surface area contributed by atoms with E-state index >= 15 is 0 Å². The summed E-state index contributed by atoms with van der Waals surface area (Å²) < 4.78 is 2.19. The summed E-state index contributed by atoms with van der Waals surface area (Å²) in [4.78, 5) is 14.3. The Kier molecular flexibility index (Phi) is 6.95. The van der Waals surface area contributed by atoms with Crippen molar-refractivity contribution in [3.8, 4) is 0 Å². The fourth-order valence-electron chi connectivity index (χ4n) is 4.58. The Morgan fingerprint density at radius 3 is 2.70 bits per heavy atom. The number of aromatic nitrogens is 4. The van der Waals surface area contributed by atoms with E-state index < -0.39 is 5.60 Å². The second kappa shape index (κ2) is 9.73. The van der Waals surface area contributed by atoms with E-state index in [4.69, 9.17) is 27.3 Å². The third kappa shape index (κ3) is 5.17. The van der Waals surface area contributed by atoms with Gasteiger partial charge in [0.2, 0.25) is 5.95 Å². The lowest BCUT2D eigenvalue weighted by atomic mass is 9.95. The molecule has 1 atom stereocenters. The van der Waals surface area contributed by atoms with Crippen LogP contribution in [0.25, 0.3) is 11.2 Å². The Bertz CT molecular complexity index is 1100. The molecule has 33 heavy (non-hydrogen) atoms. The fourth-order valence-corrected chi connectivity index (χ4v) is 4.77. The molecule has 5 N–H and O–H groups in total. The molecule has 0 bridgehead atoms. The van der Waals surface area contributed by atoms with Gasteiger partial charge in [0, 0.05) is 12.6 Å². The molecule has 3 aromatic rings. The van der Waals surface area contributed by atoms with Crippen molar-refractivity contribution in [2.24, 2.45) is 0 Å². The van der Waals surface area contributed by atoms with E-state index in [1.165, 1.54) is 19.3 Å². The van der Waals surface area contributed by atoms with E-state index in [-0.39, 0.29) is 6.04 Å². The molecule has 0 radical (unpaired) electrons. The highest BCUT2D eigenvalue weighted by Crippen LogP contribution is 2.32. The maximum atomic E-state index is 10.6. The first-order valence-corrected chi connectivity index (χ1v) is 12.2. The minimum atomic E-state index is -0.917. The van der Waals surface area contributed by atoms with Gasteiger partial charge in [-0.25, -0.2) is 4.98 Å². The number of imidazole rings is 1. The molecule has 2 aromatic heterocycles. The van der Waals surface area contributed by atoms with Crippen molar-refractivity contribution in [2.75, 3.05) is 16.4 Å². The Morgan fingerprint density at radius 1 is 1.24 bits per heavy atom. The molecule has 9 heteroatoms. The highest BCUT2D eigenvalue weighted by atomic mass is 35.5. The van der Waals surface area contributed by atoms with E-state index in [0.717, 1.165) is 36.0 Å². The maximum Gasteiger partial charge on any atom is 0.227 e. The number of fused-ring (bicyclic) bond motifs is 1. The van der Waals surface area contributed by atoms with Crippen LogP contribution in [0.15, 0.2) is 24.5 Å². The number of nitrogens with one attached hydrogen (secondary N) is 2. The molecule has 0 aliphatic heterocycles. The van der Waals surface area contributed by atoms with E-state index in [2.05, 4.69) is 20.2 Å². The second-order valence-electron chi connectivity index (χ2n) is 9.44. The largest absolute Gasteiger partial charge is 0.397 e. The first-order chi connectivity index (χ1) is 15.8. The summed E-state index contributed by atoms with van der Waals surface area (Å²) >= 11 is 6.19. The number of nitrogens with two attached hydrogens (primary N) is 1. The number of hydrogen-bond acceptors (Lipinski definition) is 7. The molecule has 0 saturated heterocycles. The van der Waals surface area contributed by atoms with Gasteiger partial charge in [0.15, 0.2) is 17.0 Å². The Balaban J connectivity index is 1.71. The van der Waals surface area contributed by atoms with Gasteiger partial charge in [-0.15, -0.1) is 0 Å². The lowest BCUT2D eigenvalue weighted by Crippen LogP contribution is -2.41. The SMILES string of the molecule is CCC(Nc1nc(NCc2cccc(Cl)c2N)c2ncn(C3CCCCC3)c2n1)C(C)(C)O. The van der Waals surface area contributed by atoms with Crippen LogP contribution in [0.5, 0.6) is 0 Å². The summed E-state index contributed by atoms with van der Waals surface area (Å²) in [6.07, 6.45) is 8.58. The zero-order valence-corrected chi connectivity index (χ0v) is 20.4. The fraction of sp³-hybridized carbons (Fsp3) is 0.542. The summed E-state index contributed by atoms with van der Waals surface area (Å²) in [5.41, 5.74) is 8.20. The molecular weight excluding hydrogens is 438 g/mol. The van der Waals surface area contributed by atoms with Crippen LogP contribution in [-0.4, -0.2) is 36.3 Å². The Labute approximate surface area is 200 Å². The summed E-state index contributed by atoms with van der Waals surface area (Å²) in [7, 11) is 0. The molecule has 1 aliphatic rings. The summed E-state index contributed by atoms with van der Waals surface area (Å²) in [6, 6.07) is 5.79. The number of aliphatic hydroxyl groups is 1. The lowest BCUT2D eigenvalue weighted by Gasteiger charge is -2.29. The standard InChI is InChI=1S/C24H34ClN7O/c1-4-18(24(2,3)33)29-23-30-21(27-13-15-9-8-12-17(25)19(15)26)20-22(31-23)32(14-28-20)16-10-6-5-7-11-16/h8-9,12,14,16,18,33H,4-7,10-11,13,26H2,1-3H3,(H2,27,29,30,31). The van der Waals surface area contributed by atoms with Gasteiger partial charge in [0.1, 0.15) is 0 Å². The van der Waals surface area contributed by atoms with Gasteiger partial charge < -0.3 is 26.0 Å². The van der Waals surface area contributed by atoms with Crippen molar-refractivity contribution in [3.05, 3.63) is 35.1 Å². The molecule has 1 aliphatic carbocycles. The molecule has 1 aromatic carbocycles. The van der Waals surface area contributed by atoms with E-state index in [1.54, 1.807) is 19.9 Å². The van der Waals surface area contributed by atoms with Crippen LogP contribution in [0.1, 0.15) is 70.9 Å². The second-order valence-corrected chi connectivity index (χ2v) is 9.84. The zero-order chi connectivity index (χ0) is 23.6. The van der Waals surface area contributed by atoms with Crippen LogP contribution in [0.3, 0.4) is 0 Å². The molecular formula is C24H34ClN7O. The van der Waals surface area contributed by atoms with Gasteiger partial charge in [-0.1, -0.05) is 49.9 Å². The molecule has 1 saturated carbocycles. The van der Waals surface area contributed by atoms with Crippen LogP contribution in [0, 0.1) is 0 Å². The van der Waals surface area contributed by atoms with Crippen LogP contribution >= 0.6 is 11.6 Å². The number of rotatable bonds is 8. The Morgan fingerprint density at radius 2 is 2.00 bits per heavy atom. The van der Waals surface area contributed by atoms with Gasteiger partial charge in [-0.3, -0.25) is 0 Å². The average molecular weight is 472 g/mol. The third-order valence-corrected chi connectivity index (χ3v) is 6.87. The molecule has 178 valence electrons. The monoisotopic (exact) mass is 471 g/mol. The number of benzene rings is 1. The first kappa shape index (κ1) is 23.6. The van der Waals surface area contributed by atoms with Gasteiger partial charge in [-0.05, 0) is 44.7 Å². The number of hydrogen-bond donors (Lipinski definition) is 4. The maximum absolute atomic E-state index is 10.6. The number of anilines is 3. The van der Waals surface area contributed by atoms with Crippen LogP contribution in [-0.2, 0) is 6.54 Å². The van der Waals surface area contributed by atoms with Crippen molar-refractivity contribution in [3.63, 3.8) is 0 Å². The smallest absolute Gasteiger partial charge is 0.227 e.